The van der Waals surface area contributed by atoms with Crippen molar-refractivity contribution in [3.05, 3.63) is 53.7 Å². The second kappa shape index (κ2) is 6.35. The zero-order valence-corrected chi connectivity index (χ0v) is 14.7. The van der Waals surface area contributed by atoms with Gasteiger partial charge in [0.15, 0.2) is 0 Å². The van der Waals surface area contributed by atoms with Crippen molar-refractivity contribution in [1.82, 2.24) is 24.1 Å². The third-order valence-corrected chi connectivity index (χ3v) is 5.02. The minimum absolute atomic E-state index is 0.0723. The number of aromatic nitrogens is 4. The fourth-order valence-corrected chi connectivity index (χ4v) is 3.79. The molecule has 3 aromatic rings. The van der Waals surface area contributed by atoms with Gasteiger partial charge in [0.2, 0.25) is 0 Å². The predicted molar refractivity (Wildman–Crippen MR) is 95.6 cm³/mol. The first kappa shape index (κ1) is 15.9. The summed E-state index contributed by atoms with van der Waals surface area (Å²) in [4.78, 5) is 19.6. The molecule has 6 heteroatoms. The van der Waals surface area contributed by atoms with E-state index in [9.17, 15) is 4.79 Å². The van der Waals surface area contributed by atoms with Gasteiger partial charge in [0.25, 0.3) is 5.91 Å². The Kier molecular flexibility index (Phi) is 4.03. The van der Waals surface area contributed by atoms with Crippen molar-refractivity contribution < 1.29 is 4.79 Å². The summed E-state index contributed by atoms with van der Waals surface area (Å²) in [6.45, 7) is 5.63. The van der Waals surface area contributed by atoms with Crippen LogP contribution in [0.15, 0.2) is 36.8 Å². The summed E-state index contributed by atoms with van der Waals surface area (Å²) in [6.07, 6.45) is 8.74. The third kappa shape index (κ3) is 2.92. The van der Waals surface area contributed by atoms with E-state index in [2.05, 4.69) is 23.1 Å². The lowest BCUT2D eigenvalue weighted by Crippen LogP contribution is -2.46. The lowest BCUT2D eigenvalue weighted by atomic mass is 10.0. The minimum atomic E-state index is 0.0723. The molecule has 1 aliphatic rings. The van der Waals surface area contributed by atoms with Gasteiger partial charge >= 0.3 is 0 Å². The number of aryl methyl sites for hydroxylation is 2. The highest BCUT2D eigenvalue weighted by Crippen LogP contribution is 2.23. The number of rotatable bonds is 3. The van der Waals surface area contributed by atoms with Crippen LogP contribution in [0.25, 0.3) is 5.65 Å². The highest BCUT2D eigenvalue weighted by Gasteiger charge is 2.29. The van der Waals surface area contributed by atoms with E-state index in [4.69, 9.17) is 0 Å². The topological polar surface area (TPSA) is 55.4 Å². The van der Waals surface area contributed by atoms with Gasteiger partial charge < -0.3 is 9.30 Å². The first-order chi connectivity index (χ1) is 12.1. The van der Waals surface area contributed by atoms with Gasteiger partial charge in [-0.15, -0.1) is 0 Å². The smallest absolute Gasteiger partial charge is 0.257 e. The van der Waals surface area contributed by atoms with Gasteiger partial charge in [-0.1, -0.05) is 0 Å². The maximum absolute atomic E-state index is 13.2. The largest absolute Gasteiger partial charge is 0.334 e. The number of pyridine rings is 1. The number of hydrogen-bond donors (Lipinski definition) is 0. The van der Waals surface area contributed by atoms with Gasteiger partial charge in [-0.05, 0) is 51.3 Å². The zero-order chi connectivity index (χ0) is 17.4. The second-order valence-corrected chi connectivity index (χ2v) is 6.84. The van der Waals surface area contributed by atoms with Crippen LogP contribution in [0.2, 0.25) is 0 Å². The Bertz CT molecular complexity index is 910. The molecule has 4 heterocycles. The summed E-state index contributed by atoms with van der Waals surface area (Å²) in [7, 11) is 0. The van der Waals surface area contributed by atoms with E-state index >= 15 is 0 Å². The monoisotopic (exact) mass is 337 g/mol. The molecule has 6 nitrogen and oxygen atoms in total. The number of carbonyl (C=O) groups excluding carboxylic acids is 1. The van der Waals surface area contributed by atoms with E-state index in [0.29, 0.717) is 5.56 Å². The fourth-order valence-electron chi connectivity index (χ4n) is 3.79. The van der Waals surface area contributed by atoms with Crippen LogP contribution in [0.5, 0.6) is 0 Å². The molecule has 0 aliphatic carbocycles. The SMILES string of the molecule is Cc1cc(C)n(CC2CCCCN2C(=O)c2cccn3ccnc23)n1. The molecule has 25 heavy (non-hydrogen) atoms. The van der Waals surface area contributed by atoms with Gasteiger partial charge in [0.1, 0.15) is 5.65 Å². The first-order valence-corrected chi connectivity index (χ1v) is 8.87. The molecule has 0 spiro atoms. The second-order valence-electron chi connectivity index (χ2n) is 6.84. The quantitative estimate of drug-likeness (QED) is 0.738. The molecule has 4 rings (SSSR count). The van der Waals surface area contributed by atoms with E-state index < -0.39 is 0 Å². The van der Waals surface area contributed by atoms with Crippen LogP contribution in [0.1, 0.15) is 41.0 Å². The van der Waals surface area contributed by atoms with E-state index in [-0.39, 0.29) is 11.9 Å². The number of amides is 1. The summed E-state index contributed by atoms with van der Waals surface area (Å²) >= 11 is 0. The number of hydrogen-bond acceptors (Lipinski definition) is 3. The number of imidazole rings is 1. The van der Waals surface area contributed by atoms with Crippen molar-refractivity contribution >= 4 is 11.6 Å². The van der Waals surface area contributed by atoms with Gasteiger partial charge in [-0.25, -0.2) is 4.98 Å². The Balaban J connectivity index is 1.63. The van der Waals surface area contributed by atoms with Gasteiger partial charge in [0.05, 0.1) is 23.8 Å². The first-order valence-electron chi connectivity index (χ1n) is 8.87. The van der Waals surface area contributed by atoms with Crippen molar-refractivity contribution in [3.63, 3.8) is 0 Å². The van der Waals surface area contributed by atoms with E-state index in [1.54, 1.807) is 6.20 Å². The number of carbonyl (C=O) groups is 1. The minimum Gasteiger partial charge on any atom is -0.334 e. The Morgan fingerprint density at radius 1 is 1.28 bits per heavy atom. The van der Waals surface area contributed by atoms with Crippen LogP contribution < -0.4 is 0 Å². The summed E-state index contributed by atoms with van der Waals surface area (Å²) in [6, 6.07) is 6.04. The molecular formula is C19H23N5O. The molecule has 0 radical (unpaired) electrons. The molecule has 1 unspecified atom stereocenters. The average Bonchev–Trinajstić information content (AvgIpc) is 3.21. The van der Waals surface area contributed by atoms with Crippen LogP contribution in [0.3, 0.4) is 0 Å². The van der Waals surface area contributed by atoms with Crippen LogP contribution in [-0.2, 0) is 6.54 Å². The molecule has 0 bridgehead atoms. The van der Waals surface area contributed by atoms with Crippen molar-refractivity contribution in [3.8, 4) is 0 Å². The summed E-state index contributed by atoms with van der Waals surface area (Å²) in [5, 5.41) is 4.57. The van der Waals surface area contributed by atoms with Crippen LogP contribution in [0.4, 0.5) is 0 Å². The molecule has 0 N–H and O–H groups in total. The molecule has 1 amide bonds. The lowest BCUT2D eigenvalue weighted by molar-refractivity contribution is 0.0584. The van der Waals surface area contributed by atoms with E-state index in [1.807, 2.05) is 45.4 Å². The number of nitrogens with zero attached hydrogens (tertiary/aromatic N) is 5. The summed E-state index contributed by atoms with van der Waals surface area (Å²) < 4.78 is 3.93. The predicted octanol–water partition coefficient (Wildman–Crippen LogP) is 2.84. The highest BCUT2D eigenvalue weighted by atomic mass is 16.2. The van der Waals surface area contributed by atoms with Crippen molar-refractivity contribution in [2.45, 2.75) is 45.7 Å². The van der Waals surface area contributed by atoms with Gasteiger partial charge in [-0.3, -0.25) is 9.48 Å². The summed E-state index contributed by atoms with van der Waals surface area (Å²) in [5.41, 5.74) is 3.56. The van der Waals surface area contributed by atoms with Crippen LogP contribution >= 0.6 is 0 Å². The Morgan fingerprint density at radius 2 is 2.16 bits per heavy atom. The van der Waals surface area contributed by atoms with Crippen molar-refractivity contribution in [2.75, 3.05) is 6.54 Å². The molecule has 1 atom stereocenters. The lowest BCUT2D eigenvalue weighted by Gasteiger charge is -2.36. The molecule has 1 fully saturated rings. The zero-order valence-electron chi connectivity index (χ0n) is 14.7. The van der Waals surface area contributed by atoms with Crippen molar-refractivity contribution in [2.24, 2.45) is 0 Å². The number of piperidine rings is 1. The van der Waals surface area contributed by atoms with E-state index in [1.165, 1.54) is 0 Å². The molecule has 0 saturated carbocycles. The molecule has 130 valence electrons. The Labute approximate surface area is 147 Å². The third-order valence-electron chi connectivity index (χ3n) is 5.02. The summed E-state index contributed by atoms with van der Waals surface area (Å²) in [5.74, 6) is 0.0723. The molecule has 3 aromatic heterocycles. The Hall–Kier alpha value is -2.63. The van der Waals surface area contributed by atoms with Gasteiger partial charge in [0, 0.05) is 30.8 Å². The molecular weight excluding hydrogens is 314 g/mol. The maximum atomic E-state index is 13.2. The van der Waals surface area contributed by atoms with Crippen LogP contribution in [-0.4, -0.2) is 42.6 Å². The molecule has 1 saturated heterocycles. The van der Waals surface area contributed by atoms with E-state index in [0.717, 1.165) is 49.4 Å². The Morgan fingerprint density at radius 3 is 2.96 bits per heavy atom. The molecule has 1 aliphatic heterocycles. The van der Waals surface area contributed by atoms with Gasteiger partial charge in [-0.2, -0.15) is 5.10 Å². The highest BCUT2D eigenvalue weighted by molar-refractivity contribution is 6.00. The van der Waals surface area contributed by atoms with Crippen LogP contribution in [0, 0.1) is 13.8 Å². The maximum Gasteiger partial charge on any atom is 0.257 e. The number of fused-ring (bicyclic) bond motifs is 1. The standard InChI is InChI=1S/C19H23N5O/c1-14-12-15(2)24(21-14)13-16-6-3-4-10-23(16)19(25)17-7-5-9-22-11-8-20-18(17)22/h5,7-9,11-12,16H,3-4,6,10,13H2,1-2H3. The molecule has 0 aromatic carbocycles. The normalized spacial score (nSPS) is 18.0. The van der Waals surface area contributed by atoms with Crippen molar-refractivity contribution in [1.29, 1.82) is 0 Å². The average molecular weight is 337 g/mol. The fraction of sp³-hybridized carbons (Fsp3) is 0.421. The number of likely N-dealkylation sites (tertiary alicyclic amines) is 1.